The molecule has 0 saturated heterocycles. The first-order valence-corrected chi connectivity index (χ1v) is 33.7. The number of pyridine rings is 1. The van der Waals surface area contributed by atoms with Crippen molar-refractivity contribution in [1.29, 1.82) is 0 Å². The molecule has 0 fully saturated rings. The zero-order valence-corrected chi connectivity index (χ0v) is 58.7. The van der Waals surface area contributed by atoms with Gasteiger partial charge in [-0.1, -0.05) is 209 Å². The third kappa shape index (κ3) is 10.2. The number of benzene rings is 11. The summed E-state index contributed by atoms with van der Waals surface area (Å²) in [6.07, 6.45) is -2.20. The van der Waals surface area contributed by atoms with E-state index < -0.39 is 110 Å². The monoisotopic (exact) mass is 1520 g/mol. The maximum atomic E-state index is 10.8. The van der Waals surface area contributed by atoms with E-state index >= 15 is 0 Å². The molecule has 0 unspecified atom stereocenters. The van der Waals surface area contributed by atoms with Crippen LogP contribution in [0.1, 0.15) is 175 Å². The van der Waals surface area contributed by atoms with Crippen LogP contribution in [-0.2, 0) is 48.1 Å². The minimum absolute atomic E-state index is 0. The van der Waals surface area contributed by atoms with Crippen molar-refractivity contribution >= 4 is 54.6 Å². The van der Waals surface area contributed by atoms with Crippen LogP contribution in [0.25, 0.3) is 133 Å². The SMILES string of the molecule is [2H]c1c([2H])c2c(c([2H])c1-c1cc3c4c(c1)n(-c1[c-]c(Oc5[c-]c6c(cc5)c5ccccc5n6-c5cc(C(C)(C)C)ccn5)ccc1)[c-][n+]4-c1c(cc(-c4c(C([2H])([2H])[2H])cccc4C([2H])([2H])[2H])cc1-n1c4ccccc4c4ccccc41)-c1cc4c(cc1-c1ccccc1-3)C(C)(C)CCC4(C)C)C(C([2H])([2H])[2H])(C([2H])([2H])[2H])C([2H])([2H])C([2H])([2H])C2(C([2H])([2H])[2H])C([2H])([2H])[2H].[Pt]. The Morgan fingerprint density at radius 2 is 1.11 bits per heavy atom. The molecule has 18 rings (SSSR count). The van der Waals surface area contributed by atoms with Crippen molar-refractivity contribution < 1.29 is 64.6 Å². The molecule has 2 aliphatic carbocycles. The summed E-state index contributed by atoms with van der Waals surface area (Å²) in [4.78, 5) is 4.89. The van der Waals surface area contributed by atoms with Crippen LogP contribution in [0.4, 0.5) is 0 Å². The van der Waals surface area contributed by atoms with Gasteiger partial charge in [-0.25, -0.2) is 4.98 Å². The van der Waals surface area contributed by atoms with Gasteiger partial charge in [0, 0.05) is 85.2 Å². The Kier molecular flexibility index (Phi) is 9.69. The number of rotatable bonds is 7. The van der Waals surface area contributed by atoms with Crippen molar-refractivity contribution in [1.82, 2.24) is 18.7 Å². The Balaban J connectivity index is 0.0000112. The second-order valence-electron chi connectivity index (χ2n) is 29.3. The molecule has 0 bridgehead atoms. The first-order valence-electron chi connectivity index (χ1n) is 46.2. The number of nitrogens with zero attached hydrogens (tertiary/aromatic N) is 5. The van der Waals surface area contributed by atoms with Crippen LogP contribution in [0.5, 0.6) is 11.5 Å². The van der Waals surface area contributed by atoms with Crippen LogP contribution in [0, 0.1) is 32.2 Å². The third-order valence-electron chi connectivity index (χ3n) is 20.9. The molecule has 11 aromatic carbocycles. The zero-order valence-electron chi connectivity index (χ0n) is 81.4. The summed E-state index contributed by atoms with van der Waals surface area (Å²) in [5, 5.41) is 3.34. The number of fused-ring (bicyclic) bond motifs is 15. The van der Waals surface area contributed by atoms with Crippen molar-refractivity contribution in [2.45, 2.75) is 142 Å². The fourth-order valence-electron chi connectivity index (χ4n) is 15.7. The van der Waals surface area contributed by atoms with Crippen LogP contribution in [0.3, 0.4) is 0 Å². The van der Waals surface area contributed by atoms with Crippen molar-refractivity contribution in [2.75, 3.05) is 0 Å². The average Bonchev–Trinajstić information content (AvgIpc) is 0.747. The predicted molar refractivity (Wildman–Crippen MR) is 414 cm³/mol. The van der Waals surface area contributed by atoms with Gasteiger partial charge < -0.3 is 18.4 Å². The van der Waals surface area contributed by atoms with Crippen LogP contribution < -0.4 is 9.30 Å². The second-order valence-corrected chi connectivity index (χ2v) is 29.3. The molecule has 15 aromatic rings. The van der Waals surface area contributed by atoms with Crippen LogP contribution in [0.2, 0.25) is 0 Å². The molecule has 7 heteroatoms. The van der Waals surface area contributed by atoms with E-state index in [1.54, 1.807) is 51.7 Å². The molecule has 4 aromatic heterocycles. The number of hydrogen-bond donors (Lipinski definition) is 0. The Labute approximate surface area is 643 Å². The van der Waals surface area contributed by atoms with Gasteiger partial charge in [0.1, 0.15) is 5.82 Å². The summed E-state index contributed by atoms with van der Waals surface area (Å²) < 4.78 is 251. The van der Waals surface area contributed by atoms with Gasteiger partial charge in [0.05, 0.1) is 37.6 Å². The van der Waals surface area contributed by atoms with Gasteiger partial charge in [-0.15, -0.1) is 29.7 Å². The number of para-hydroxylation sites is 3. The summed E-state index contributed by atoms with van der Waals surface area (Å²) in [6.45, 7) is -8.18. The van der Waals surface area contributed by atoms with Crippen molar-refractivity contribution in [2.24, 2.45) is 0 Å². The zero-order chi connectivity index (χ0) is 89.9. The molecule has 1 aliphatic heterocycles. The van der Waals surface area contributed by atoms with E-state index in [0.717, 1.165) is 56.6 Å². The molecule has 3 aliphatic rings. The summed E-state index contributed by atoms with van der Waals surface area (Å²) in [5.74, 6) is 0.981. The molecule has 0 saturated carbocycles. The van der Waals surface area contributed by atoms with E-state index in [4.69, 9.17) is 17.9 Å². The fourth-order valence-corrected chi connectivity index (χ4v) is 15.7. The molecule has 5 heterocycles. The molecule has 0 amide bonds. The van der Waals surface area contributed by atoms with E-state index in [9.17, 15) is 26.0 Å². The maximum absolute atomic E-state index is 10.8. The number of hydrogen-bond acceptors (Lipinski definition) is 2. The summed E-state index contributed by atoms with van der Waals surface area (Å²) in [7, 11) is 0. The number of ether oxygens (including phenoxy) is 1. The first kappa shape index (κ1) is 42.4. The van der Waals surface area contributed by atoms with E-state index in [0.29, 0.717) is 61.6 Å². The van der Waals surface area contributed by atoms with Crippen molar-refractivity contribution in [3.63, 3.8) is 0 Å². The van der Waals surface area contributed by atoms with E-state index in [-0.39, 0.29) is 88.1 Å². The van der Waals surface area contributed by atoms with Gasteiger partial charge in [0.2, 0.25) is 0 Å². The Hall–Kier alpha value is -9.87. The van der Waals surface area contributed by atoms with Crippen LogP contribution in [-0.4, -0.2) is 18.7 Å². The van der Waals surface area contributed by atoms with Gasteiger partial charge in [-0.2, -0.15) is 18.2 Å². The van der Waals surface area contributed by atoms with Crippen molar-refractivity contribution in [3.8, 4) is 90.0 Å². The Morgan fingerprint density at radius 1 is 0.515 bits per heavy atom. The molecule has 502 valence electrons. The second kappa shape index (κ2) is 23.1. The van der Waals surface area contributed by atoms with Gasteiger partial charge in [0.15, 0.2) is 0 Å². The molecule has 0 radical (unpaired) electrons. The van der Waals surface area contributed by atoms with Crippen molar-refractivity contribution in [3.05, 3.63) is 276 Å². The summed E-state index contributed by atoms with van der Waals surface area (Å²) in [6, 6.07) is 61.4. The van der Waals surface area contributed by atoms with E-state index in [1.165, 1.54) is 30.3 Å². The third-order valence-corrected chi connectivity index (χ3v) is 20.9. The molecular weight excluding hydrogens is 1410 g/mol. The normalized spacial score (nSPS) is 20.8. The van der Waals surface area contributed by atoms with Gasteiger partial charge in [-0.3, -0.25) is 4.57 Å². The molecule has 0 N–H and O–H groups in total. The maximum Gasteiger partial charge on any atom is 0.268 e. The van der Waals surface area contributed by atoms with E-state index in [2.05, 4.69) is 79.1 Å². The minimum atomic E-state index is -4.63. The fraction of sp³-hybridized carbons (Fsp3) is 0.234. The average molecular weight is 1520 g/mol. The Morgan fingerprint density at radius 3 is 1.77 bits per heavy atom. The summed E-state index contributed by atoms with van der Waals surface area (Å²) in [5.41, 5.74) is -5.32. The summed E-state index contributed by atoms with van der Waals surface area (Å²) >= 11 is 0. The molecule has 101 heavy (non-hydrogen) atoms. The van der Waals surface area contributed by atoms with Gasteiger partial charge >= 0.3 is 0 Å². The number of aryl methyl sites for hydroxylation is 2. The topological polar surface area (TPSA) is 40.8 Å². The smallest absolute Gasteiger partial charge is 0.268 e. The molecule has 6 nitrogen and oxygen atoms in total. The Bertz CT molecular complexity index is 6990. The predicted octanol–water partition coefficient (Wildman–Crippen LogP) is 23.9. The minimum Gasteiger partial charge on any atom is -0.510 e. The largest absolute Gasteiger partial charge is 0.510 e. The standard InChI is InChI=1S/C94H83N5O.Pt/c1-57-24-22-25-58(2)87(57)61-47-75-73-55-79-78(93(10,11)43-44-94(79,12)13)54-72(73)66-28-14-15-29-67(66)74-46-60(59-36-39-76-77(48-59)92(8,9)42-41-91(76,6)7)49-84-88(74)97(89(75)85(50-61)98-80-33-19-16-30-68(80)69-31-17-20-34-81(69)98)56-96(84)63-26-23-27-64(52-63)100-65-37-38-71-70-32-18-21-35-82(70)99(83(71)53-65)86-51-62(40-45-95-86)90(3,4)5;/h14-40,45-51,54-55H,41-44H2,1-13H3;/q-2;/i1D3,2D3,6D3,7D3,8D3,9D3,36D,39D,41D2,42D2,48D;. The number of imidazole rings is 1. The van der Waals surface area contributed by atoms with E-state index in [1.807, 2.05) is 124 Å². The van der Waals surface area contributed by atoms with Crippen LogP contribution >= 0.6 is 0 Å². The molecular formula is C94H83N5OPt-2. The first-order chi connectivity index (χ1) is 58.2. The van der Waals surface area contributed by atoms with Crippen LogP contribution in [0.15, 0.2) is 218 Å². The van der Waals surface area contributed by atoms with Gasteiger partial charge in [0.25, 0.3) is 6.33 Å². The molecule has 0 spiro atoms. The van der Waals surface area contributed by atoms with Gasteiger partial charge in [-0.05, 0) is 227 Å². The molecule has 0 atom stereocenters. The quantitative estimate of drug-likeness (QED) is 0.118. The number of aromatic nitrogens is 5.